The van der Waals surface area contributed by atoms with Gasteiger partial charge in [0.25, 0.3) is 0 Å². The zero-order valence-corrected chi connectivity index (χ0v) is 12.5. The van der Waals surface area contributed by atoms with Crippen LogP contribution in [0.1, 0.15) is 21.5 Å². The van der Waals surface area contributed by atoms with Crippen molar-refractivity contribution < 1.29 is 4.79 Å². The molecule has 3 N–H and O–H groups in total. The van der Waals surface area contributed by atoms with Crippen molar-refractivity contribution in [2.75, 3.05) is 5.73 Å². The monoisotopic (exact) mass is 328 g/mol. The average molecular weight is 329 g/mol. The standard InChI is InChI=1S/C16H13BrN2O/c1-9-2-5-14(18)12(6-9)16(20)13-8-19-15-7-10(17)3-4-11(13)15/h2-8,19H,18H2,1H3. The number of rotatable bonds is 2. The van der Waals surface area contributed by atoms with Crippen molar-refractivity contribution in [2.24, 2.45) is 0 Å². The summed E-state index contributed by atoms with van der Waals surface area (Å²) in [6.07, 6.45) is 1.74. The van der Waals surface area contributed by atoms with Crippen LogP contribution in [-0.2, 0) is 0 Å². The van der Waals surface area contributed by atoms with Crippen LogP contribution in [0.2, 0.25) is 0 Å². The molecular formula is C16H13BrN2O. The van der Waals surface area contributed by atoms with E-state index in [1.165, 1.54) is 0 Å². The fourth-order valence-electron chi connectivity index (χ4n) is 2.30. The molecule has 0 spiro atoms. The highest BCUT2D eigenvalue weighted by molar-refractivity contribution is 9.10. The number of carbonyl (C=O) groups is 1. The minimum atomic E-state index is -0.0558. The van der Waals surface area contributed by atoms with Gasteiger partial charge in [0, 0.05) is 38.4 Å². The largest absolute Gasteiger partial charge is 0.398 e. The number of ketones is 1. The number of benzene rings is 2. The number of nitrogen functional groups attached to an aromatic ring is 1. The molecule has 0 atom stereocenters. The fraction of sp³-hybridized carbons (Fsp3) is 0.0625. The van der Waals surface area contributed by atoms with Crippen LogP contribution in [0.5, 0.6) is 0 Å². The Balaban J connectivity index is 2.15. The minimum absolute atomic E-state index is 0.0558. The summed E-state index contributed by atoms with van der Waals surface area (Å²) in [5.74, 6) is -0.0558. The first-order valence-electron chi connectivity index (χ1n) is 6.24. The molecule has 100 valence electrons. The van der Waals surface area contributed by atoms with Gasteiger partial charge in [0.2, 0.25) is 0 Å². The van der Waals surface area contributed by atoms with Crippen LogP contribution < -0.4 is 5.73 Å². The van der Waals surface area contributed by atoms with Gasteiger partial charge in [-0.1, -0.05) is 33.6 Å². The Morgan fingerprint density at radius 2 is 1.95 bits per heavy atom. The third-order valence-electron chi connectivity index (χ3n) is 3.34. The van der Waals surface area contributed by atoms with E-state index in [1.54, 1.807) is 12.3 Å². The smallest absolute Gasteiger partial charge is 0.197 e. The first-order chi connectivity index (χ1) is 9.56. The number of aromatic nitrogens is 1. The summed E-state index contributed by atoms with van der Waals surface area (Å²) in [5.41, 5.74) is 9.57. The summed E-state index contributed by atoms with van der Waals surface area (Å²) in [6.45, 7) is 1.95. The molecule has 0 aliphatic rings. The van der Waals surface area contributed by atoms with Crippen molar-refractivity contribution in [3.8, 4) is 0 Å². The highest BCUT2D eigenvalue weighted by atomic mass is 79.9. The van der Waals surface area contributed by atoms with Crippen LogP contribution >= 0.6 is 15.9 Å². The van der Waals surface area contributed by atoms with Gasteiger partial charge in [0.05, 0.1) is 0 Å². The van der Waals surface area contributed by atoms with Gasteiger partial charge in [-0.25, -0.2) is 0 Å². The van der Waals surface area contributed by atoms with Gasteiger partial charge >= 0.3 is 0 Å². The van der Waals surface area contributed by atoms with Gasteiger partial charge in [-0.05, 0) is 31.2 Å². The second-order valence-corrected chi connectivity index (χ2v) is 5.73. The van der Waals surface area contributed by atoms with E-state index in [-0.39, 0.29) is 5.78 Å². The van der Waals surface area contributed by atoms with Crippen LogP contribution in [0.3, 0.4) is 0 Å². The second kappa shape index (κ2) is 4.80. The first kappa shape index (κ1) is 12.9. The van der Waals surface area contributed by atoms with Crippen molar-refractivity contribution in [1.82, 2.24) is 4.98 Å². The van der Waals surface area contributed by atoms with Gasteiger partial charge < -0.3 is 10.7 Å². The Labute approximate surface area is 124 Å². The van der Waals surface area contributed by atoms with Crippen molar-refractivity contribution in [1.29, 1.82) is 0 Å². The van der Waals surface area contributed by atoms with E-state index in [1.807, 2.05) is 37.3 Å². The van der Waals surface area contributed by atoms with Gasteiger partial charge in [0.15, 0.2) is 5.78 Å². The summed E-state index contributed by atoms with van der Waals surface area (Å²) in [7, 11) is 0. The number of hydrogen-bond acceptors (Lipinski definition) is 2. The molecule has 1 aromatic heterocycles. The average Bonchev–Trinajstić information content (AvgIpc) is 2.83. The van der Waals surface area contributed by atoms with E-state index < -0.39 is 0 Å². The molecule has 0 aliphatic carbocycles. The lowest BCUT2D eigenvalue weighted by Crippen LogP contribution is -2.05. The molecule has 0 saturated heterocycles. The number of H-pyrrole nitrogens is 1. The molecule has 3 rings (SSSR count). The topological polar surface area (TPSA) is 58.9 Å². The van der Waals surface area contributed by atoms with Gasteiger partial charge in [-0.2, -0.15) is 0 Å². The molecule has 0 bridgehead atoms. The van der Waals surface area contributed by atoms with Crippen LogP contribution in [-0.4, -0.2) is 10.8 Å². The van der Waals surface area contributed by atoms with Gasteiger partial charge in [0.1, 0.15) is 0 Å². The summed E-state index contributed by atoms with van der Waals surface area (Å²) in [4.78, 5) is 15.8. The van der Waals surface area contributed by atoms with E-state index in [0.29, 0.717) is 16.8 Å². The maximum Gasteiger partial charge on any atom is 0.197 e. The van der Waals surface area contributed by atoms with Crippen LogP contribution in [0.4, 0.5) is 5.69 Å². The maximum atomic E-state index is 12.7. The highest BCUT2D eigenvalue weighted by Crippen LogP contribution is 2.26. The number of halogens is 1. The number of aryl methyl sites for hydroxylation is 1. The van der Waals surface area contributed by atoms with E-state index in [2.05, 4.69) is 20.9 Å². The van der Waals surface area contributed by atoms with Crippen LogP contribution in [0.15, 0.2) is 47.1 Å². The zero-order valence-electron chi connectivity index (χ0n) is 10.9. The molecule has 0 radical (unpaired) electrons. The fourth-order valence-corrected chi connectivity index (χ4v) is 2.66. The molecule has 20 heavy (non-hydrogen) atoms. The first-order valence-corrected chi connectivity index (χ1v) is 7.03. The van der Waals surface area contributed by atoms with Crippen molar-refractivity contribution >= 4 is 38.3 Å². The lowest BCUT2D eigenvalue weighted by atomic mass is 9.99. The number of nitrogens with two attached hydrogens (primary N) is 1. The Kier molecular flexibility index (Phi) is 3.10. The number of fused-ring (bicyclic) bond motifs is 1. The predicted octanol–water partition coefficient (Wildman–Crippen LogP) is 4.05. The molecule has 0 aliphatic heterocycles. The molecule has 3 aromatic rings. The lowest BCUT2D eigenvalue weighted by molar-refractivity contribution is 0.104. The number of nitrogens with one attached hydrogen (secondary N) is 1. The minimum Gasteiger partial charge on any atom is -0.398 e. The summed E-state index contributed by atoms with van der Waals surface area (Å²) >= 11 is 3.42. The van der Waals surface area contributed by atoms with Crippen LogP contribution in [0.25, 0.3) is 10.9 Å². The number of hydrogen-bond donors (Lipinski definition) is 2. The Morgan fingerprint density at radius 1 is 1.15 bits per heavy atom. The van der Waals surface area contributed by atoms with E-state index >= 15 is 0 Å². The second-order valence-electron chi connectivity index (χ2n) is 4.81. The van der Waals surface area contributed by atoms with E-state index in [9.17, 15) is 4.79 Å². The summed E-state index contributed by atoms with van der Waals surface area (Å²) in [5, 5.41) is 0.902. The molecule has 0 fully saturated rings. The Hall–Kier alpha value is -2.07. The molecular weight excluding hydrogens is 316 g/mol. The molecule has 1 heterocycles. The predicted molar refractivity (Wildman–Crippen MR) is 85.0 cm³/mol. The third-order valence-corrected chi connectivity index (χ3v) is 3.84. The highest BCUT2D eigenvalue weighted by Gasteiger charge is 2.16. The van der Waals surface area contributed by atoms with Gasteiger partial charge in [-0.15, -0.1) is 0 Å². The molecule has 2 aromatic carbocycles. The summed E-state index contributed by atoms with van der Waals surface area (Å²) < 4.78 is 0.973. The quantitative estimate of drug-likeness (QED) is 0.550. The molecule has 4 heteroatoms. The van der Waals surface area contributed by atoms with Crippen molar-refractivity contribution in [3.05, 3.63) is 63.8 Å². The number of anilines is 1. The molecule has 0 saturated carbocycles. The molecule has 0 unspecified atom stereocenters. The normalized spacial score (nSPS) is 10.9. The van der Waals surface area contributed by atoms with Gasteiger partial charge in [-0.3, -0.25) is 4.79 Å². The van der Waals surface area contributed by atoms with Crippen molar-refractivity contribution in [3.63, 3.8) is 0 Å². The molecule has 3 nitrogen and oxygen atoms in total. The number of carbonyl (C=O) groups excluding carboxylic acids is 1. The summed E-state index contributed by atoms with van der Waals surface area (Å²) in [6, 6.07) is 11.3. The SMILES string of the molecule is Cc1ccc(N)c(C(=O)c2c[nH]c3cc(Br)ccc23)c1. The zero-order chi connectivity index (χ0) is 14.3. The Morgan fingerprint density at radius 3 is 2.75 bits per heavy atom. The van der Waals surface area contributed by atoms with E-state index in [0.717, 1.165) is 20.9 Å². The Bertz CT molecular complexity index is 820. The van der Waals surface area contributed by atoms with Crippen LogP contribution in [0, 0.1) is 6.92 Å². The lowest BCUT2D eigenvalue weighted by Gasteiger charge is -2.05. The molecule has 0 amide bonds. The van der Waals surface area contributed by atoms with E-state index in [4.69, 9.17) is 5.73 Å². The third kappa shape index (κ3) is 2.12. The maximum absolute atomic E-state index is 12.7. The van der Waals surface area contributed by atoms with Crippen molar-refractivity contribution in [2.45, 2.75) is 6.92 Å². The number of aromatic amines is 1.